The van der Waals surface area contributed by atoms with E-state index in [1.807, 2.05) is 0 Å². The highest BCUT2D eigenvalue weighted by Gasteiger charge is 2.15. The lowest BCUT2D eigenvalue weighted by molar-refractivity contribution is 0.479. The Kier molecular flexibility index (Phi) is 5.68. The molecule has 0 amide bonds. The first-order valence-corrected chi connectivity index (χ1v) is 6.98. The minimum Gasteiger partial charge on any atom is -0.341 e. The minimum atomic E-state index is 0.713. The average Bonchev–Trinajstić information content (AvgIpc) is 2.72. The minimum absolute atomic E-state index is 0.713. The lowest BCUT2D eigenvalue weighted by atomic mass is 10.0. The van der Waals surface area contributed by atoms with Gasteiger partial charge in [-0.3, -0.25) is 4.57 Å². The Morgan fingerprint density at radius 1 is 1.29 bits per heavy atom. The van der Waals surface area contributed by atoms with Crippen LogP contribution in [0.1, 0.15) is 40.5 Å². The Balaban J connectivity index is 2.89. The molecule has 0 aliphatic rings. The van der Waals surface area contributed by atoms with Crippen molar-refractivity contribution in [2.24, 2.45) is 5.92 Å². The number of aromatic amines is 1. The Morgan fingerprint density at radius 3 is 2.41 bits per heavy atom. The molecule has 1 N–H and O–H groups in total. The van der Waals surface area contributed by atoms with Gasteiger partial charge < -0.3 is 4.90 Å². The maximum absolute atomic E-state index is 5.23. The van der Waals surface area contributed by atoms with Crippen molar-refractivity contribution >= 4 is 18.2 Å². The van der Waals surface area contributed by atoms with Crippen LogP contribution < -0.4 is 4.90 Å². The molecule has 0 radical (unpaired) electrons. The van der Waals surface area contributed by atoms with Crippen LogP contribution in [0.3, 0.4) is 0 Å². The van der Waals surface area contributed by atoms with Gasteiger partial charge in [0, 0.05) is 19.6 Å². The molecule has 0 fully saturated rings. The molecular formula is C12H24N4S. The average molecular weight is 256 g/mol. The number of nitrogens with one attached hydrogen (secondary N) is 1. The molecule has 1 heterocycles. The van der Waals surface area contributed by atoms with E-state index >= 15 is 0 Å². The van der Waals surface area contributed by atoms with Crippen LogP contribution in [-0.2, 0) is 6.54 Å². The third-order valence-corrected chi connectivity index (χ3v) is 3.66. The van der Waals surface area contributed by atoms with E-state index in [1.54, 1.807) is 0 Å². The van der Waals surface area contributed by atoms with Gasteiger partial charge in [-0.2, -0.15) is 0 Å². The van der Waals surface area contributed by atoms with Crippen molar-refractivity contribution in [3.05, 3.63) is 4.77 Å². The van der Waals surface area contributed by atoms with Gasteiger partial charge in [0.05, 0.1) is 0 Å². The summed E-state index contributed by atoms with van der Waals surface area (Å²) >= 11 is 5.23. The summed E-state index contributed by atoms with van der Waals surface area (Å²) in [7, 11) is 0. The first-order valence-electron chi connectivity index (χ1n) is 6.57. The van der Waals surface area contributed by atoms with Crippen molar-refractivity contribution in [2.75, 3.05) is 18.0 Å². The molecule has 0 bridgehead atoms. The topological polar surface area (TPSA) is 36.9 Å². The van der Waals surface area contributed by atoms with Gasteiger partial charge >= 0.3 is 0 Å². The van der Waals surface area contributed by atoms with Crippen molar-refractivity contribution in [1.29, 1.82) is 0 Å². The summed E-state index contributed by atoms with van der Waals surface area (Å²) in [5.41, 5.74) is 0. The van der Waals surface area contributed by atoms with Crippen LogP contribution in [0.5, 0.6) is 0 Å². The van der Waals surface area contributed by atoms with Crippen molar-refractivity contribution in [3.8, 4) is 0 Å². The second kappa shape index (κ2) is 6.79. The second-order valence-corrected chi connectivity index (χ2v) is 4.68. The maximum Gasteiger partial charge on any atom is 0.225 e. The summed E-state index contributed by atoms with van der Waals surface area (Å²) < 4.78 is 2.77. The molecule has 0 aliphatic heterocycles. The smallest absolute Gasteiger partial charge is 0.225 e. The summed E-state index contributed by atoms with van der Waals surface area (Å²) in [6.45, 7) is 11.7. The Hall–Kier alpha value is -0.840. The molecule has 4 nitrogen and oxygen atoms in total. The molecule has 1 rings (SSSR count). The molecule has 0 aliphatic carbocycles. The Labute approximate surface area is 109 Å². The number of aromatic nitrogens is 3. The quantitative estimate of drug-likeness (QED) is 0.761. The molecule has 17 heavy (non-hydrogen) atoms. The van der Waals surface area contributed by atoms with E-state index in [0.717, 1.165) is 31.5 Å². The summed E-state index contributed by atoms with van der Waals surface area (Å²) in [6, 6.07) is 0. The molecule has 1 aromatic heterocycles. The lowest BCUT2D eigenvalue weighted by Crippen LogP contribution is -2.31. The zero-order valence-corrected chi connectivity index (χ0v) is 12.2. The van der Waals surface area contributed by atoms with Gasteiger partial charge in [0.1, 0.15) is 0 Å². The molecule has 98 valence electrons. The number of hydrogen-bond acceptors (Lipinski definition) is 3. The van der Waals surface area contributed by atoms with E-state index < -0.39 is 0 Å². The number of nitrogens with zero attached hydrogens (tertiary/aromatic N) is 3. The third-order valence-electron chi connectivity index (χ3n) is 3.35. The summed E-state index contributed by atoms with van der Waals surface area (Å²) in [4.78, 5) is 2.31. The zero-order valence-electron chi connectivity index (χ0n) is 11.4. The Morgan fingerprint density at radius 2 is 1.94 bits per heavy atom. The molecule has 0 unspecified atom stereocenters. The highest BCUT2D eigenvalue weighted by atomic mass is 32.1. The molecule has 1 aromatic rings. The lowest BCUT2D eigenvalue weighted by Gasteiger charge is -2.26. The molecule has 0 aromatic carbocycles. The first-order chi connectivity index (χ1) is 8.17. The van der Waals surface area contributed by atoms with E-state index in [4.69, 9.17) is 12.2 Å². The Bertz CT molecular complexity index is 378. The van der Waals surface area contributed by atoms with Gasteiger partial charge in [0.15, 0.2) is 4.77 Å². The van der Waals surface area contributed by atoms with Crippen LogP contribution in [0.4, 0.5) is 5.95 Å². The van der Waals surface area contributed by atoms with Crippen LogP contribution in [0.2, 0.25) is 0 Å². The van der Waals surface area contributed by atoms with E-state index in [1.165, 1.54) is 12.8 Å². The van der Waals surface area contributed by atoms with Crippen LogP contribution in [0.25, 0.3) is 0 Å². The zero-order chi connectivity index (χ0) is 12.8. The van der Waals surface area contributed by atoms with E-state index in [-0.39, 0.29) is 0 Å². The van der Waals surface area contributed by atoms with Crippen molar-refractivity contribution < 1.29 is 0 Å². The second-order valence-electron chi connectivity index (χ2n) is 4.29. The van der Waals surface area contributed by atoms with E-state index in [0.29, 0.717) is 4.77 Å². The molecule has 0 atom stereocenters. The fourth-order valence-electron chi connectivity index (χ4n) is 2.05. The van der Waals surface area contributed by atoms with Crippen LogP contribution in [-0.4, -0.2) is 27.9 Å². The predicted molar refractivity (Wildman–Crippen MR) is 75.0 cm³/mol. The molecule has 0 saturated heterocycles. The molecular weight excluding hydrogens is 232 g/mol. The SMILES string of the molecule is CCC(CC)CN(CC)c1n[nH]c(=S)n1CC. The maximum atomic E-state index is 5.23. The third kappa shape index (κ3) is 3.31. The number of anilines is 1. The van der Waals surface area contributed by atoms with Crippen LogP contribution in [0.15, 0.2) is 0 Å². The van der Waals surface area contributed by atoms with Gasteiger partial charge in [-0.05, 0) is 32.0 Å². The van der Waals surface area contributed by atoms with Crippen LogP contribution >= 0.6 is 12.2 Å². The monoisotopic (exact) mass is 256 g/mol. The van der Waals surface area contributed by atoms with Gasteiger partial charge in [-0.1, -0.05) is 26.7 Å². The molecule has 5 heteroatoms. The number of hydrogen-bond donors (Lipinski definition) is 1. The number of H-pyrrole nitrogens is 1. The largest absolute Gasteiger partial charge is 0.341 e. The van der Waals surface area contributed by atoms with E-state index in [9.17, 15) is 0 Å². The standard InChI is InChI=1S/C12H24N4S/c1-5-10(6-2)9-15(7-3)11-13-14-12(17)16(11)8-4/h10H,5-9H2,1-4H3,(H,14,17). The summed E-state index contributed by atoms with van der Waals surface area (Å²) in [5.74, 6) is 1.71. The normalized spacial score (nSPS) is 11.1. The number of rotatable bonds is 7. The predicted octanol–water partition coefficient (Wildman–Crippen LogP) is 3.22. The first kappa shape index (κ1) is 14.2. The van der Waals surface area contributed by atoms with Crippen molar-refractivity contribution in [1.82, 2.24) is 14.8 Å². The fourth-order valence-corrected chi connectivity index (χ4v) is 2.30. The van der Waals surface area contributed by atoms with Crippen LogP contribution in [0, 0.1) is 10.7 Å². The van der Waals surface area contributed by atoms with Gasteiger partial charge in [-0.25, -0.2) is 5.10 Å². The highest BCUT2D eigenvalue weighted by Crippen LogP contribution is 2.16. The summed E-state index contributed by atoms with van der Waals surface area (Å²) in [6.07, 6.45) is 2.43. The summed E-state index contributed by atoms with van der Waals surface area (Å²) in [5, 5.41) is 7.24. The van der Waals surface area contributed by atoms with E-state index in [2.05, 4.69) is 47.4 Å². The van der Waals surface area contributed by atoms with Crippen molar-refractivity contribution in [3.63, 3.8) is 0 Å². The van der Waals surface area contributed by atoms with Gasteiger partial charge in [-0.15, -0.1) is 5.10 Å². The fraction of sp³-hybridized carbons (Fsp3) is 0.833. The highest BCUT2D eigenvalue weighted by molar-refractivity contribution is 7.71. The molecule has 0 saturated carbocycles. The van der Waals surface area contributed by atoms with Gasteiger partial charge in [0.2, 0.25) is 5.95 Å². The van der Waals surface area contributed by atoms with Gasteiger partial charge in [0.25, 0.3) is 0 Å². The molecule has 0 spiro atoms. The van der Waals surface area contributed by atoms with Crippen molar-refractivity contribution in [2.45, 2.75) is 47.1 Å².